The second kappa shape index (κ2) is 6.91. The molecule has 2 aromatic rings. The van der Waals surface area contributed by atoms with Crippen LogP contribution in [0.2, 0.25) is 0 Å². The largest absolute Gasteiger partial charge is 0.497 e. The average molecular weight is 335 g/mol. The highest BCUT2D eigenvalue weighted by Gasteiger charge is 2.26. The summed E-state index contributed by atoms with van der Waals surface area (Å²) in [6, 6.07) is 11.9. The molecule has 0 atom stereocenters. The van der Waals surface area contributed by atoms with Crippen LogP contribution in [-0.4, -0.2) is 29.2 Å². The third-order valence-electron chi connectivity index (χ3n) is 3.55. The lowest BCUT2D eigenvalue weighted by Gasteiger charge is -2.25. The molecule has 0 aliphatic heterocycles. The van der Waals surface area contributed by atoms with E-state index < -0.39 is 10.0 Å². The van der Waals surface area contributed by atoms with Gasteiger partial charge in [-0.3, -0.25) is 4.31 Å². The van der Waals surface area contributed by atoms with Gasteiger partial charge in [0.1, 0.15) is 11.5 Å². The molecule has 0 heterocycles. The molecule has 0 saturated heterocycles. The molecule has 5 nitrogen and oxygen atoms in total. The number of anilines is 1. The van der Waals surface area contributed by atoms with Crippen molar-refractivity contribution in [2.45, 2.75) is 18.7 Å². The van der Waals surface area contributed by atoms with Crippen molar-refractivity contribution in [2.24, 2.45) is 0 Å². The zero-order valence-corrected chi connectivity index (χ0v) is 14.6. The van der Waals surface area contributed by atoms with Crippen LogP contribution in [0.15, 0.2) is 47.4 Å². The first-order valence-electron chi connectivity index (χ1n) is 7.25. The monoisotopic (exact) mass is 335 g/mol. The van der Waals surface area contributed by atoms with Crippen molar-refractivity contribution < 1.29 is 17.9 Å². The second-order valence-electron chi connectivity index (χ2n) is 5.02. The summed E-state index contributed by atoms with van der Waals surface area (Å²) in [4.78, 5) is 0.245. The third kappa shape index (κ3) is 3.42. The number of nitrogens with zero attached hydrogens (tertiary/aromatic N) is 1. The normalized spacial score (nSPS) is 11.1. The maximum Gasteiger partial charge on any atom is 0.264 e. The van der Waals surface area contributed by atoms with E-state index >= 15 is 0 Å². The van der Waals surface area contributed by atoms with Crippen molar-refractivity contribution in [1.82, 2.24) is 0 Å². The molecule has 0 unspecified atom stereocenters. The minimum atomic E-state index is -3.68. The smallest absolute Gasteiger partial charge is 0.264 e. The number of sulfonamides is 1. The van der Waals surface area contributed by atoms with Gasteiger partial charge in [0.05, 0.1) is 24.8 Å². The summed E-state index contributed by atoms with van der Waals surface area (Å²) in [5.74, 6) is 1.04. The van der Waals surface area contributed by atoms with Crippen LogP contribution in [-0.2, 0) is 10.0 Å². The summed E-state index contributed by atoms with van der Waals surface area (Å²) in [6.07, 6.45) is 0. The molecule has 0 radical (unpaired) electrons. The lowest BCUT2D eigenvalue weighted by atomic mass is 10.2. The predicted octanol–water partition coefficient (Wildman–Crippen LogP) is 3.23. The lowest BCUT2D eigenvalue weighted by molar-refractivity contribution is 0.404. The quantitative estimate of drug-likeness (QED) is 0.813. The van der Waals surface area contributed by atoms with E-state index in [4.69, 9.17) is 9.47 Å². The van der Waals surface area contributed by atoms with Gasteiger partial charge in [0, 0.05) is 12.6 Å². The fourth-order valence-electron chi connectivity index (χ4n) is 2.30. The summed E-state index contributed by atoms with van der Waals surface area (Å²) in [7, 11) is -0.631. The Morgan fingerprint density at radius 2 is 1.65 bits per heavy atom. The van der Waals surface area contributed by atoms with E-state index in [9.17, 15) is 8.42 Å². The van der Waals surface area contributed by atoms with Gasteiger partial charge in [0.25, 0.3) is 10.0 Å². The molecule has 0 aromatic heterocycles. The maximum atomic E-state index is 13.0. The van der Waals surface area contributed by atoms with Crippen molar-refractivity contribution in [3.05, 3.63) is 48.0 Å². The highest BCUT2D eigenvalue weighted by atomic mass is 32.2. The van der Waals surface area contributed by atoms with Crippen LogP contribution in [0.3, 0.4) is 0 Å². The van der Waals surface area contributed by atoms with E-state index in [0.29, 0.717) is 17.2 Å². The van der Waals surface area contributed by atoms with Gasteiger partial charge in [-0.2, -0.15) is 0 Å². The zero-order chi connectivity index (χ0) is 17.0. The Morgan fingerprint density at radius 1 is 1.00 bits per heavy atom. The Kier molecular flexibility index (Phi) is 5.15. The van der Waals surface area contributed by atoms with Gasteiger partial charge in [-0.1, -0.05) is 17.7 Å². The van der Waals surface area contributed by atoms with Crippen molar-refractivity contribution in [1.29, 1.82) is 0 Å². The number of hydrogen-bond acceptors (Lipinski definition) is 4. The van der Waals surface area contributed by atoms with E-state index in [-0.39, 0.29) is 11.4 Å². The molecule has 2 aromatic carbocycles. The molecule has 2 rings (SSSR count). The summed E-state index contributed by atoms with van der Waals surface area (Å²) < 4.78 is 37.8. The van der Waals surface area contributed by atoms with Gasteiger partial charge in [-0.15, -0.1) is 0 Å². The van der Waals surface area contributed by atoms with Crippen LogP contribution < -0.4 is 13.8 Å². The number of rotatable bonds is 6. The topological polar surface area (TPSA) is 55.8 Å². The molecule has 0 aliphatic rings. The number of aryl methyl sites for hydroxylation is 1. The number of benzene rings is 2. The summed E-state index contributed by atoms with van der Waals surface area (Å²) >= 11 is 0. The first-order chi connectivity index (χ1) is 10.9. The molecule has 6 heteroatoms. The summed E-state index contributed by atoms with van der Waals surface area (Å²) in [5.41, 5.74) is 1.46. The van der Waals surface area contributed by atoms with Crippen LogP contribution >= 0.6 is 0 Å². The predicted molar refractivity (Wildman–Crippen MR) is 90.9 cm³/mol. The van der Waals surface area contributed by atoms with Crippen LogP contribution in [0.5, 0.6) is 11.5 Å². The average Bonchev–Trinajstić information content (AvgIpc) is 2.55. The van der Waals surface area contributed by atoms with Gasteiger partial charge in [-0.25, -0.2) is 8.42 Å². The first kappa shape index (κ1) is 17.1. The SMILES string of the molecule is CCN(c1cc(OC)ccc1OC)S(=O)(=O)c1ccc(C)cc1. The van der Waals surface area contributed by atoms with Crippen molar-refractivity contribution in [2.75, 3.05) is 25.1 Å². The van der Waals surface area contributed by atoms with E-state index in [1.165, 1.54) is 18.5 Å². The molecule has 124 valence electrons. The second-order valence-corrected chi connectivity index (χ2v) is 6.88. The van der Waals surface area contributed by atoms with Crippen molar-refractivity contribution in [3.8, 4) is 11.5 Å². The van der Waals surface area contributed by atoms with E-state index in [0.717, 1.165) is 5.56 Å². The molecule has 0 bridgehead atoms. The van der Waals surface area contributed by atoms with Gasteiger partial charge in [0.2, 0.25) is 0 Å². The van der Waals surface area contributed by atoms with E-state index in [1.807, 2.05) is 6.92 Å². The minimum Gasteiger partial charge on any atom is -0.497 e. The minimum absolute atomic E-state index is 0.245. The van der Waals surface area contributed by atoms with Crippen LogP contribution in [0, 0.1) is 6.92 Å². The van der Waals surface area contributed by atoms with Gasteiger partial charge >= 0.3 is 0 Å². The van der Waals surface area contributed by atoms with Crippen molar-refractivity contribution >= 4 is 15.7 Å². The standard InChI is InChI=1S/C17H21NO4S/c1-5-18(16-12-14(21-3)8-11-17(16)22-4)23(19,20)15-9-6-13(2)7-10-15/h6-12H,5H2,1-4H3. The van der Waals surface area contributed by atoms with E-state index in [2.05, 4.69) is 0 Å². The third-order valence-corrected chi connectivity index (χ3v) is 5.45. The number of methoxy groups -OCH3 is 2. The van der Waals surface area contributed by atoms with Gasteiger partial charge in [0.15, 0.2) is 0 Å². The summed E-state index contributed by atoms with van der Waals surface area (Å²) in [5, 5.41) is 0. The van der Waals surface area contributed by atoms with Crippen LogP contribution in [0.4, 0.5) is 5.69 Å². The molecule has 0 spiro atoms. The number of ether oxygens (including phenoxy) is 2. The van der Waals surface area contributed by atoms with E-state index in [1.54, 1.807) is 49.4 Å². The molecule has 0 N–H and O–H groups in total. The lowest BCUT2D eigenvalue weighted by Crippen LogP contribution is -2.31. The molecule has 0 saturated carbocycles. The Hall–Kier alpha value is -2.21. The fourth-order valence-corrected chi connectivity index (χ4v) is 3.77. The van der Waals surface area contributed by atoms with Gasteiger partial charge < -0.3 is 9.47 Å². The first-order valence-corrected chi connectivity index (χ1v) is 8.69. The Bertz CT molecular complexity index is 770. The Morgan fingerprint density at radius 3 is 2.17 bits per heavy atom. The highest BCUT2D eigenvalue weighted by Crippen LogP contribution is 2.35. The molecule has 0 amide bonds. The van der Waals surface area contributed by atoms with Gasteiger partial charge in [-0.05, 0) is 38.1 Å². The highest BCUT2D eigenvalue weighted by molar-refractivity contribution is 7.92. The molecule has 23 heavy (non-hydrogen) atoms. The fraction of sp³-hybridized carbons (Fsp3) is 0.294. The van der Waals surface area contributed by atoms with Crippen LogP contribution in [0.25, 0.3) is 0 Å². The maximum absolute atomic E-state index is 13.0. The Balaban J connectivity index is 2.56. The zero-order valence-electron chi connectivity index (χ0n) is 13.7. The molecule has 0 aliphatic carbocycles. The Labute approximate surface area is 137 Å². The molecule has 0 fully saturated rings. The number of hydrogen-bond donors (Lipinski definition) is 0. The van der Waals surface area contributed by atoms with Crippen LogP contribution in [0.1, 0.15) is 12.5 Å². The molecular formula is C17H21NO4S. The molecular weight excluding hydrogens is 314 g/mol. The van der Waals surface area contributed by atoms with Crippen molar-refractivity contribution in [3.63, 3.8) is 0 Å². The summed E-state index contributed by atoms with van der Waals surface area (Å²) in [6.45, 7) is 3.98.